The maximum absolute atomic E-state index is 13.0. The molecule has 1 N–H and O–H groups in total. The Morgan fingerprint density at radius 1 is 1.12 bits per heavy atom. The molecule has 1 amide bonds. The highest BCUT2D eigenvalue weighted by Gasteiger charge is 2.18. The van der Waals surface area contributed by atoms with Gasteiger partial charge in [0.2, 0.25) is 11.7 Å². The molecule has 8 heteroatoms. The normalized spacial score (nSPS) is 12.4. The van der Waals surface area contributed by atoms with Crippen molar-refractivity contribution in [2.45, 2.75) is 71.4 Å². The van der Waals surface area contributed by atoms with Crippen LogP contribution in [0.15, 0.2) is 46.6 Å². The molecule has 0 fully saturated rings. The Morgan fingerprint density at radius 3 is 2.73 bits per heavy atom. The minimum Gasteiger partial charge on any atom is -0.354 e. The number of hydrogen-bond donors (Lipinski definition) is 1. The number of amides is 1. The molecule has 0 unspecified atom stereocenters. The zero-order valence-electron chi connectivity index (χ0n) is 19.3. The molecule has 0 radical (unpaired) electrons. The first-order chi connectivity index (χ1) is 16.1. The molecule has 0 aliphatic heterocycles. The van der Waals surface area contributed by atoms with Gasteiger partial charge in [-0.3, -0.25) is 18.6 Å². The van der Waals surface area contributed by atoms with Crippen molar-refractivity contribution in [3.05, 3.63) is 63.5 Å². The molecule has 0 aliphatic carbocycles. The lowest BCUT2D eigenvalue weighted by Crippen LogP contribution is -2.33. The van der Waals surface area contributed by atoms with Crippen LogP contribution in [0, 0.1) is 0 Å². The van der Waals surface area contributed by atoms with Crippen LogP contribution in [0.5, 0.6) is 0 Å². The number of benzene rings is 1. The maximum Gasteiger partial charge on any atom is 0.272 e. The van der Waals surface area contributed by atoms with Crippen LogP contribution in [0.25, 0.3) is 16.0 Å². The number of nitrogens with one attached hydrogen (secondary N) is 1. The highest BCUT2D eigenvalue weighted by atomic mass is 32.1. The number of rotatable bonds is 11. The van der Waals surface area contributed by atoms with Gasteiger partial charge in [0, 0.05) is 25.4 Å². The zero-order valence-corrected chi connectivity index (χ0v) is 20.1. The van der Waals surface area contributed by atoms with Crippen molar-refractivity contribution in [2.24, 2.45) is 0 Å². The summed E-state index contributed by atoms with van der Waals surface area (Å²) in [5.41, 5.74) is 2.09. The third kappa shape index (κ3) is 5.33. The van der Waals surface area contributed by atoms with E-state index in [4.69, 9.17) is 0 Å². The lowest BCUT2D eigenvalue weighted by Gasteiger charge is -2.14. The molecule has 0 saturated carbocycles. The van der Waals surface area contributed by atoms with Crippen LogP contribution in [0.2, 0.25) is 0 Å². The molecule has 3 aromatic heterocycles. The van der Waals surface area contributed by atoms with Crippen LogP contribution in [0.1, 0.15) is 57.3 Å². The number of nitrogens with zero attached hydrogens (tertiary/aromatic N) is 4. The van der Waals surface area contributed by atoms with Gasteiger partial charge in [0.1, 0.15) is 10.5 Å². The molecular weight excluding hydrogens is 434 g/mol. The van der Waals surface area contributed by atoms with E-state index < -0.39 is 0 Å². The average Bonchev–Trinajstić information content (AvgIpc) is 3.46. The summed E-state index contributed by atoms with van der Waals surface area (Å²) in [5.74, 6) is 1.28. The van der Waals surface area contributed by atoms with Crippen LogP contribution < -0.4 is 10.9 Å². The van der Waals surface area contributed by atoms with Crippen molar-refractivity contribution in [3.63, 3.8) is 0 Å². The fourth-order valence-electron chi connectivity index (χ4n) is 4.14. The molecule has 0 spiro atoms. The second-order valence-electron chi connectivity index (χ2n) is 8.54. The van der Waals surface area contributed by atoms with Gasteiger partial charge in [0.15, 0.2) is 0 Å². The Bertz CT molecular complexity index is 1270. The van der Waals surface area contributed by atoms with Gasteiger partial charge in [-0.2, -0.15) is 0 Å². The van der Waals surface area contributed by atoms with Crippen molar-refractivity contribution in [1.29, 1.82) is 0 Å². The Morgan fingerprint density at radius 2 is 1.94 bits per heavy atom. The van der Waals surface area contributed by atoms with E-state index in [1.165, 1.54) is 16.9 Å². The number of carbonyl (C=O) groups is 1. The van der Waals surface area contributed by atoms with Gasteiger partial charge in [-0.1, -0.05) is 50.1 Å². The number of fused-ring (bicyclic) bond motifs is 3. The second kappa shape index (κ2) is 10.7. The molecule has 4 rings (SSSR count). The smallest absolute Gasteiger partial charge is 0.272 e. The zero-order chi connectivity index (χ0) is 23.2. The summed E-state index contributed by atoms with van der Waals surface area (Å²) in [4.78, 5) is 25.6. The number of carbonyl (C=O) groups excluding carboxylic acids is 1. The van der Waals surface area contributed by atoms with Crippen molar-refractivity contribution < 1.29 is 4.79 Å². The molecule has 33 heavy (non-hydrogen) atoms. The van der Waals surface area contributed by atoms with E-state index in [-0.39, 0.29) is 17.5 Å². The summed E-state index contributed by atoms with van der Waals surface area (Å²) in [7, 11) is 0. The van der Waals surface area contributed by atoms with Gasteiger partial charge in [-0.05, 0) is 43.2 Å². The van der Waals surface area contributed by atoms with Crippen LogP contribution in [0.3, 0.4) is 0 Å². The highest BCUT2D eigenvalue weighted by Crippen LogP contribution is 2.20. The lowest BCUT2D eigenvalue weighted by molar-refractivity contribution is -0.121. The Kier molecular flexibility index (Phi) is 7.54. The van der Waals surface area contributed by atoms with E-state index in [0.717, 1.165) is 37.6 Å². The van der Waals surface area contributed by atoms with Crippen LogP contribution in [-0.2, 0) is 24.2 Å². The quantitative estimate of drug-likeness (QED) is 0.334. The van der Waals surface area contributed by atoms with Crippen molar-refractivity contribution in [2.75, 3.05) is 0 Å². The highest BCUT2D eigenvalue weighted by molar-refractivity contribution is 7.17. The van der Waals surface area contributed by atoms with Crippen molar-refractivity contribution >= 4 is 33.2 Å². The van der Waals surface area contributed by atoms with Crippen LogP contribution in [0.4, 0.5) is 0 Å². The third-order valence-electron chi connectivity index (χ3n) is 5.96. The first kappa shape index (κ1) is 23.2. The van der Waals surface area contributed by atoms with Crippen molar-refractivity contribution in [3.8, 4) is 0 Å². The molecular formula is C25H31N5O2S. The molecule has 0 aliphatic rings. The Labute approximate surface area is 197 Å². The van der Waals surface area contributed by atoms with E-state index in [9.17, 15) is 9.59 Å². The monoisotopic (exact) mass is 465 g/mol. The fourth-order valence-corrected chi connectivity index (χ4v) is 4.96. The number of unbranched alkanes of at least 4 members (excludes halogenated alkanes) is 2. The van der Waals surface area contributed by atoms with Gasteiger partial charge in [0.05, 0.1) is 5.52 Å². The summed E-state index contributed by atoms with van der Waals surface area (Å²) in [5, 5.41) is 13.7. The molecule has 4 aromatic rings. The third-order valence-corrected chi connectivity index (χ3v) is 6.85. The summed E-state index contributed by atoms with van der Waals surface area (Å²) in [6.07, 6.45) is 5.70. The lowest BCUT2D eigenvalue weighted by atomic mass is 10.1. The van der Waals surface area contributed by atoms with Crippen LogP contribution >= 0.6 is 11.3 Å². The largest absolute Gasteiger partial charge is 0.354 e. The first-order valence-electron chi connectivity index (χ1n) is 11.8. The average molecular weight is 466 g/mol. The standard InChI is InChI=1S/C25H31N5O2S/c1-3-4-8-16-29-24(32)23-20(15-17-33-23)30-21(27-28-25(29)30)13-14-22(31)26-18(2)11-12-19-9-6-5-7-10-19/h5-7,9-10,15,17-18H,3-4,8,11-14,16H2,1-2H3,(H,26,31)/t18-/m1/s1. The van der Waals surface area contributed by atoms with Gasteiger partial charge in [0.25, 0.3) is 5.56 Å². The minimum absolute atomic E-state index is 0.00476. The minimum atomic E-state index is -0.00691. The summed E-state index contributed by atoms with van der Waals surface area (Å²) in [6, 6.07) is 12.3. The van der Waals surface area contributed by atoms with Gasteiger partial charge in [-0.25, -0.2) is 0 Å². The summed E-state index contributed by atoms with van der Waals surface area (Å²) < 4.78 is 4.39. The molecule has 1 aromatic carbocycles. The van der Waals surface area contributed by atoms with Gasteiger partial charge < -0.3 is 5.32 Å². The number of thiophene rings is 1. The predicted octanol–water partition coefficient (Wildman–Crippen LogP) is 4.37. The summed E-state index contributed by atoms with van der Waals surface area (Å²) in [6.45, 7) is 4.81. The first-order valence-corrected chi connectivity index (χ1v) is 12.6. The maximum atomic E-state index is 13.0. The topological polar surface area (TPSA) is 81.3 Å². The van der Waals surface area contributed by atoms with E-state index in [2.05, 4.69) is 34.6 Å². The molecule has 3 heterocycles. The Balaban J connectivity index is 1.44. The van der Waals surface area contributed by atoms with E-state index in [1.807, 2.05) is 41.0 Å². The molecule has 1 atom stereocenters. The number of hydrogen-bond acceptors (Lipinski definition) is 5. The Hall–Kier alpha value is -3.00. The molecule has 7 nitrogen and oxygen atoms in total. The second-order valence-corrected chi connectivity index (χ2v) is 9.46. The van der Waals surface area contributed by atoms with E-state index >= 15 is 0 Å². The molecule has 0 bridgehead atoms. The van der Waals surface area contributed by atoms with Gasteiger partial charge >= 0.3 is 0 Å². The van der Waals surface area contributed by atoms with Crippen molar-refractivity contribution in [1.82, 2.24) is 24.5 Å². The number of aromatic nitrogens is 4. The molecule has 0 saturated heterocycles. The fraction of sp³-hybridized carbons (Fsp3) is 0.440. The SMILES string of the molecule is CCCCCn1c(=O)c2sccc2n2c(CCC(=O)N[C@H](C)CCc3ccccc3)nnc12. The predicted molar refractivity (Wildman–Crippen MR) is 133 cm³/mol. The molecule has 174 valence electrons. The van der Waals surface area contributed by atoms with E-state index in [0.29, 0.717) is 35.7 Å². The number of aryl methyl sites for hydroxylation is 3. The summed E-state index contributed by atoms with van der Waals surface area (Å²) >= 11 is 1.44. The van der Waals surface area contributed by atoms with Gasteiger partial charge in [-0.15, -0.1) is 21.5 Å². The van der Waals surface area contributed by atoms with Crippen LogP contribution in [-0.4, -0.2) is 31.1 Å². The van der Waals surface area contributed by atoms with E-state index in [1.54, 1.807) is 4.57 Å².